The average Bonchev–Trinajstić information content (AvgIpc) is 3.16. The fourth-order valence-electron chi connectivity index (χ4n) is 2.46. The lowest BCUT2D eigenvalue weighted by Gasteiger charge is -2.21. The number of hydrogen-bond acceptors (Lipinski definition) is 4. The number of nitrogens with one attached hydrogen (secondary N) is 3. The van der Waals surface area contributed by atoms with Crippen LogP contribution in [-0.4, -0.2) is 37.6 Å². The summed E-state index contributed by atoms with van der Waals surface area (Å²) in [6.07, 6.45) is 2.38. The minimum absolute atomic E-state index is 0.0857. The van der Waals surface area contributed by atoms with Crippen molar-refractivity contribution >= 4 is 11.9 Å². The standard InChI is InChI=1S/C21H30N4O3/c1-21(2,3)25-19(26)15-24-20(22-12-11-18-6-5-13-28-18)23-14-16-7-9-17(27-4)10-8-16/h5-10,13H,11-12,14-15H2,1-4H3,(H,25,26)(H2,22,23,24). The number of aliphatic imine (C=N–C) groups is 1. The largest absolute Gasteiger partial charge is 0.497 e. The monoisotopic (exact) mass is 386 g/mol. The van der Waals surface area contributed by atoms with E-state index in [1.165, 1.54) is 0 Å². The Morgan fingerprint density at radius 2 is 1.89 bits per heavy atom. The highest BCUT2D eigenvalue weighted by Crippen LogP contribution is 2.11. The van der Waals surface area contributed by atoms with Crippen LogP contribution in [0.4, 0.5) is 0 Å². The molecule has 3 N–H and O–H groups in total. The van der Waals surface area contributed by atoms with Crippen molar-refractivity contribution in [3.63, 3.8) is 0 Å². The Bertz CT molecular complexity index is 747. The first-order valence-corrected chi connectivity index (χ1v) is 9.34. The van der Waals surface area contributed by atoms with E-state index in [1.54, 1.807) is 13.4 Å². The Kier molecular flexibility index (Phi) is 7.92. The molecule has 2 rings (SSSR count). The molecule has 2 aromatic rings. The first-order valence-electron chi connectivity index (χ1n) is 9.34. The summed E-state index contributed by atoms with van der Waals surface area (Å²) in [5.41, 5.74) is 0.776. The van der Waals surface area contributed by atoms with Gasteiger partial charge in [-0.1, -0.05) is 12.1 Å². The van der Waals surface area contributed by atoms with Gasteiger partial charge in [0.25, 0.3) is 0 Å². The van der Waals surface area contributed by atoms with E-state index in [9.17, 15) is 4.79 Å². The molecule has 1 aromatic carbocycles. The Balaban J connectivity index is 1.93. The topological polar surface area (TPSA) is 87.9 Å². The number of methoxy groups -OCH3 is 1. The zero-order chi connectivity index (χ0) is 20.4. The molecule has 0 aliphatic carbocycles. The van der Waals surface area contributed by atoms with Gasteiger partial charge in [0.2, 0.25) is 5.91 Å². The predicted molar refractivity (Wildman–Crippen MR) is 110 cm³/mol. The molecular formula is C21H30N4O3. The smallest absolute Gasteiger partial charge is 0.239 e. The van der Waals surface area contributed by atoms with E-state index in [0.717, 1.165) is 23.5 Å². The second-order valence-corrected chi connectivity index (χ2v) is 7.42. The molecule has 0 radical (unpaired) electrons. The van der Waals surface area contributed by atoms with Crippen LogP contribution in [0.2, 0.25) is 0 Å². The third-order valence-electron chi connectivity index (χ3n) is 3.75. The maximum atomic E-state index is 12.1. The molecule has 0 atom stereocenters. The van der Waals surface area contributed by atoms with Crippen LogP contribution in [0.15, 0.2) is 52.1 Å². The van der Waals surface area contributed by atoms with Crippen molar-refractivity contribution < 1.29 is 13.9 Å². The van der Waals surface area contributed by atoms with Crippen LogP contribution in [0, 0.1) is 0 Å². The average molecular weight is 386 g/mol. The number of amides is 1. The van der Waals surface area contributed by atoms with Crippen LogP contribution in [-0.2, 0) is 17.8 Å². The van der Waals surface area contributed by atoms with E-state index in [0.29, 0.717) is 19.0 Å². The Morgan fingerprint density at radius 3 is 2.50 bits per heavy atom. The van der Waals surface area contributed by atoms with Gasteiger partial charge >= 0.3 is 0 Å². The number of benzene rings is 1. The molecule has 7 nitrogen and oxygen atoms in total. The van der Waals surface area contributed by atoms with Crippen molar-refractivity contribution in [3.05, 3.63) is 54.0 Å². The number of hydrogen-bond donors (Lipinski definition) is 3. The molecule has 0 aliphatic rings. The second kappa shape index (κ2) is 10.4. The van der Waals surface area contributed by atoms with Gasteiger partial charge in [-0.15, -0.1) is 0 Å². The maximum absolute atomic E-state index is 12.1. The highest BCUT2D eigenvalue weighted by atomic mass is 16.5. The van der Waals surface area contributed by atoms with Crippen molar-refractivity contribution in [2.24, 2.45) is 4.99 Å². The van der Waals surface area contributed by atoms with Gasteiger partial charge in [-0.3, -0.25) is 4.79 Å². The number of rotatable bonds is 8. The first-order chi connectivity index (χ1) is 13.4. The van der Waals surface area contributed by atoms with E-state index in [1.807, 2.05) is 57.2 Å². The SMILES string of the molecule is COc1ccc(CN=C(NCCc2ccco2)NCC(=O)NC(C)(C)C)cc1. The van der Waals surface area contributed by atoms with Crippen molar-refractivity contribution in [2.75, 3.05) is 20.2 Å². The summed E-state index contributed by atoms with van der Waals surface area (Å²) in [6, 6.07) is 11.5. The molecule has 1 heterocycles. The summed E-state index contributed by atoms with van der Waals surface area (Å²) in [5.74, 6) is 2.19. The summed E-state index contributed by atoms with van der Waals surface area (Å²) in [6.45, 7) is 7.12. The van der Waals surface area contributed by atoms with Gasteiger partial charge in [0.05, 0.1) is 26.5 Å². The number of carbonyl (C=O) groups is 1. The Labute approximate surface area is 166 Å². The van der Waals surface area contributed by atoms with Crippen LogP contribution in [0.1, 0.15) is 32.1 Å². The number of furan rings is 1. The van der Waals surface area contributed by atoms with E-state index in [-0.39, 0.29) is 18.0 Å². The minimum Gasteiger partial charge on any atom is -0.497 e. The third-order valence-corrected chi connectivity index (χ3v) is 3.75. The van der Waals surface area contributed by atoms with Crippen molar-refractivity contribution in [1.29, 1.82) is 0 Å². The van der Waals surface area contributed by atoms with Crippen LogP contribution in [0.5, 0.6) is 5.75 Å². The molecule has 152 valence electrons. The Hall–Kier alpha value is -2.96. The fourth-order valence-corrected chi connectivity index (χ4v) is 2.46. The molecule has 0 spiro atoms. The zero-order valence-corrected chi connectivity index (χ0v) is 17.0. The molecule has 0 fully saturated rings. The van der Waals surface area contributed by atoms with Gasteiger partial charge in [-0.05, 0) is 50.6 Å². The Morgan fingerprint density at radius 1 is 1.14 bits per heavy atom. The molecule has 1 aromatic heterocycles. The predicted octanol–water partition coefficient (Wildman–Crippen LogP) is 2.48. The van der Waals surface area contributed by atoms with Gasteiger partial charge in [0.1, 0.15) is 11.5 Å². The number of carbonyl (C=O) groups excluding carboxylic acids is 1. The van der Waals surface area contributed by atoms with E-state index in [2.05, 4.69) is 20.9 Å². The van der Waals surface area contributed by atoms with Crippen molar-refractivity contribution in [1.82, 2.24) is 16.0 Å². The van der Waals surface area contributed by atoms with Crippen LogP contribution in [0.3, 0.4) is 0 Å². The quantitative estimate of drug-likeness (QED) is 0.479. The molecule has 0 aliphatic heterocycles. The molecule has 28 heavy (non-hydrogen) atoms. The van der Waals surface area contributed by atoms with Crippen molar-refractivity contribution in [2.45, 2.75) is 39.3 Å². The molecule has 7 heteroatoms. The molecule has 0 saturated carbocycles. The molecule has 0 bridgehead atoms. The lowest BCUT2D eigenvalue weighted by Crippen LogP contribution is -2.48. The van der Waals surface area contributed by atoms with Gasteiger partial charge in [-0.25, -0.2) is 4.99 Å². The fraction of sp³-hybridized carbons (Fsp3) is 0.429. The van der Waals surface area contributed by atoms with Crippen LogP contribution >= 0.6 is 0 Å². The summed E-state index contributed by atoms with van der Waals surface area (Å²) >= 11 is 0. The van der Waals surface area contributed by atoms with E-state index >= 15 is 0 Å². The first kappa shape index (κ1) is 21.3. The third kappa shape index (κ3) is 8.16. The normalized spacial score (nSPS) is 11.8. The molecule has 0 unspecified atom stereocenters. The second-order valence-electron chi connectivity index (χ2n) is 7.42. The number of nitrogens with zero attached hydrogens (tertiary/aromatic N) is 1. The lowest BCUT2D eigenvalue weighted by molar-refractivity contribution is -0.121. The van der Waals surface area contributed by atoms with Crippen molar-refractivity contribution in [3.8, 4) is 5.75 Å². The highest BCUT2D eigenvalue weighted by Gasteiger charge is 2.13. The van der Waals surface area contributed by atoms with Crippen LogP contribution < -0.4 is 20.7 Å². The molecular weight excluding hydrogens is 356 g/mol. The van der Waals surface area contributed by atoms with Gasteiger partial charge in [0, 0.05) is 18.5 Å². The van der Waals surface area contributed by atoms with Crippen LogP contribution in [0.25, 0.3) is 0 Å². The van der Waals surface area contributed by atoms with Gasteiger partial charge in [-0.2, -0.15) is 0 Å². The van der Waals surface area contributed by atoms with E-state index < -0.39 is 0 Å². The zero-order valence-electron chi connectivity index (χ0n) is 17.0. The van der Waals surface area contributed by atoms with Gasteiger partial charge in [0.15, 0.2) is 5.96 Å². The summed E-state index contributed by atoms with van der Waals surface area (Å²) in [5, 5.41) is 9.26. The number of guanidine groups is 1. The van der Waals surface area contributed by atoms with E-state index in [4.69, 9.17) is 9.15 Å². The molecule has 1 amide bonds. The molecule has 0 saturated heterocycles. The lowest BCUT2D eigenvalue weighted by atomic mass is 10.1. The summed E-state index contributed by atoms with van der Waals surface area (Å²) < 4.78 is 10.5. The highest BCUT2D eigenvalue weighted by molar-refractivity contribution is 5.86. The summed E-state index contributed by atoms with van der Waals surface area (Å²) in [7, 11) is 1.64. The minimum atomic E-state index is -0.272. The summed E-state index contributed by atoms with van der Waals surface area (Å²) in [4.78, 5) is 16.7. The maximum Gasteiger partial charge on any atom is 0.239 e. The number of ether oxygens (including phenoxy) is 1. The van der Waals surface area contributed by atoms with Gasteiger partial charge < -0.3 is 25.1 Å².